The summed E-state index contributed by atoms with van der Waals surface area (Å²) in [6, 6.07) is 18.9. The molecule has 4 rings (SSSR count). The van der Waals surface area contributed by atoms with Crippen LogP contribution in [0.4, 0.5) is 0 Å². The van der Waals surface area contributed by atoms with Gasteiger partial charge in [-0.1, -0.05) is 30.3 Å². The van der Waals surface area contributed by atoms with Crippen molar-refractivity contribution in [3.05, 3.63) is 84.2 Å². The van der Waals surface area contributed by atoms with Crippen LogP contribution in [0.3, 0.4) is 0 Å². The average molecular weight is 446 g/mol. The zero-order valence-electron chi connectivity index (χ0n) is 18.8. The number of hydrogen-bond donors (Lipinski definition) is 1. The summed E-state index contributed by atoms with van der Waals surface area (Å²) in [6.07, 6.45) is 3.84. The number of methoxy groups -OCH3 is 1. The molecule has 33 heavy (non-hydrogen) atoms. The molecule has 2 aromatic carbocycles. The average Bonchev–Trinajstić information content (AvgIpc) is 2.88. The highest BCUT2D eigenvalue weighted by molar-refractivity contribution is 5.95. The molecule has 0 bridgehead atoms. The lowest BCUT2D eigenvalue weighted by molar-refractivity contribution is -0.156. The van der Waals surface area contributed by atoms with Gasteiger partial charge >= 0.3 is 0 Å². The SMILES string of the molecule is CNC(=O)[C@@]1(Cc2cccc(-c3ccncc3)c2)CN(C(=O)c2cccc(OC)c2)CCO1. The Morgan fingerprint density at radius 3 is 2.64 bits per heavy atom. The fourth-order valence-corrected chi connectivity index (χ4v) is 4.18. The van der Waals surface area contributed by atoms with Gasteiger partial charge in [0.25, 0.3) is 11.8 Å². The van der Waals surface area contributed by atoms with Crippen LogP contribution in [-0.2, 0) is 16.0 Å². The van der Waals surface area contributed by atoms with Crippen molar-refractivity contribution in [2.24, 2.45) is 0 Å². The van der Waals surface area contributed by atoms with E-state index in [9.17, 15) is 9.59 Å². The number of amides is 2. The number of nitrogens with one attached hydrogen (secondary N) is 1. The first-order chi connectivity index (χ1) is 16.0. The molecular weight excluding hydrogens is 418 g/mol. The molecule has 170 valence electrons. The molecule has 0 aliphatic carbocycles. The number of hydrogen-bond acceptors (Lipinski definition) is 5. The minimum Gasteiger partial charge on any atom is -0.497 e. The van der Waals surface area contributed by atoms with Gasteiger partial charge in [-0.2, -0.15) is 0 Å². The molecule has 0 spiro atoms. The molecule has 1 atom stereocenters. The highest BCUT2D eigenvalue weighted by Crippen LogP contribution is 2.28. The Morgan fingerprint density at radius 1 is 1.09 bits per heavy atom. The van der Waals surface area contributed by atoms with Crippen molar-refractivity contribution in [2.45, 2.75) is 12.0 Å². The third-order valence-corrected chi connectivity index (χ3v) is 5.86. The van der Waals surface area contributed by atoms with E-state index in [1.54, 1.807) is 55.7 Å². The van der Waals surface area contributed by atoms with Crippen LogP contribution in [-0.4, -0.2) is 61.2 Å². The maximum Gasteiger partial charge on any atom is 0.254 e. The van der Waals surface area contributed by atoms with Crippen molar-refractivity contribution >= 4 is 11.8 Å². The third-order valence-electron chi connectivity index (χ3n) is 5.86. The first-order valence-electron chi connectivity index (χ1n) is 10.8. The van der Waals surface area contributed by atoms with E-state index in [0.717, 1.165) is 16.7 Å². The van der Waals surface area contributed by atoms with Gasteiger partial charge in [0.05, 0.1) is 20.3 Å². The lowest BCUT2D eigenvalue weighted by Crippen LogP contribution is -2.61. The summed E-state index contributed by atoms with van der Waals surface area (Å²) in [5.74, 6) is 0.204. The molecule has 0 unspecified atom stereocenters. The normalized spacial score (nSPS) is 17.9. The fourth-order valence-electron chi connectivity index (χ4n) is 4.18. The van der Waals surface area contributed by atoms with E-state index in [-0.39, 0.29) is 25.0 Å². The second kappa shape index (κ2) is 9.83. The Morgan fingerprint density at radius 2 is 1.88 bits per heavy atom. The van der Waals surface area contributed by atoms with Gasteiger partial charge in [-0.05, 0) is 47.0 Å². The quantitative estimate of drug-likeness (QED) is 0.631. The first kappa shape index (κ1) is 22.5. The van der Waals surface area contributed by atoms with Crippen LogP contribution >= 0.6 is 0 Å². The number of pyridine rings is 1. The Bertz CT molecular complexity index is 1140. The van der Waals surface area contributed by atoms with Crippen molar-refractivity contribution in [1.82, 2.24) is 15.2 Å². The maximum absolute atomic E-state index is 13.2. The Balaban J connectivity index is 1.61. The van der Waals surface area contributed by atoms with Gasteiger partial charge in [-0.3, -0.25) is 14.6 Å². The Labute approximate surface area is 193 Å². The van der Waals surface area contributed by atoms with Crippen LogP contribution in [0.15, 0.2) is 73.1 Å². The van der Waals surface area contributed by atoms with E-state index in [1.807, 2.05) is 36.4 Å². The molecule has 0 saturated carbocycles. The highest BCUT2D eigenvalue weighted by atomic mass is 16.5. The molecule has 2 amide bonds. The number of benzene rings is 2. The lowest BCUT2D eigenvalue weighted by atomic mass is 9.89. The van der Waals surface area contributed by atoms with E-state index in [2.05, 4.69) is 10.3 Å². The second-order valence-electron chi connectivity index (χ2n) is 7.99. The van der Waals surface area contributed by atoms with Gasteiger partial charge in [0.2, 0.25) is 0 Å². The van der Waals surface area contributed by atoms with Crippen molar-refractivity contribution in [2.75, 3.05) is 33.9 Å². The van der Waals surface area contributed by atoms with Crippen LogP contribution in [0.2, 0.25) is 0 Å². The number of nitrogens with zero attached hydrogens (tertiary/aromatic N) is 2. The van der Waals surface area contributed by atoms with Crippen molar-refractivity contribution < 1.29 is 19.1 Å². The molecule has 7 nitrogen and oxygen atoms in total. The largest absolute Gasteiger partial charge is 0.497 e. The number of carbonyl (C=O) groups excluding carboxylic acids is 2. The fraction of sp³-hybridized carbons (Fsp3) is 0.269. The summed E-state index contributed by atoms with van der Waals surface area (Å²) in [7, 11) is 3.15. The molecule has 7 heteroatoms. The summed E-state index contributed by atoms with van der Waals surface area (Å²) in [5, 5.41) is 2.73. The molecule has 1 saturated heterocycles. The smallest absolute Gasteiger partial charge is 0.254 e. The number of rotatable bonds is 6. The second-order valence-corrected chi connectivity index (χ2v) is 7.99. The molecule has 1 aliphatic heterocycles. The van der Waals surface area contributed by atoms with Crippen LogP contribution in [0, 0.1) is 0 Å². The summed E-state index contributed by atoms with van der Waals surface area (Å²) in [5.41, 5.74) is 2.35. The molecule has 1 aromatic heterocycles. The van der Waals surface area contributed by atoms with E-state index in [4.69, 9.17) is 9.47 Å². The van der Waals surface area contributed by atoms with Crippen LogP contribution in [0.1, 0.15) is 15.9 Å². The molecule has 1 N–H and O–H groups in total. The number of likely N-dealkylation sites (N-methyl/N-ethyl adjacent to an activating group) is 1. The van der Waals surface area contributed by atoms with Gasteiger partial charge in [0.1, 0.15) is 5.75 Å². The summed E-state index contributed by atoms with van der Waals surface area (Å²) in [4.78, 5) is 32.0. The molecule has 0 radical (unpaired) electrons. The minimum absolute atomic E-state index is 0.155. The summed E-state index contributed by atoms with van der Waals surface area (Å²) >= 11 is 0. The molecule has 1 aliphatic rings. The van der Waals surface area contributed by atoms with Crippen LogP contribution in [0.25, 0.3) is 11.1 Å². The topological polar surface area (TPSA) is 80.8 Å². The zero-order valence-corrected chi connectivity index (χ0v) is 18.8. The lowest BCUT2D eigenvalue weighted by Gasteiger charge is -2.41. The number of ether oxygens (including phenoxy) is 2. The van der Waals surface area contributed by atoms with Crippen molar-refractivity contribution in [3.63, 3.8) is 0 Å². The molecule has 3 aromatic rings. The van der Waals surface area contributed by atoms with E-state index in [1.165, 1.54) is 0 Å². The van der Waals surface area contributed by atoms with Gasteiger partial charge < -0.3 is 19.7 Å². The van der Waals surface area contributed by atoms with Crippen LogP contribution < -0.4 is 10.1 Å². The predicted octanol–water partition coefficient (Wildman–Crippen LogP) is 2.96. The predicted molar refractivity (Wildman–Crippen MR) is 125 cm³/mol. The Kier molecular flexibility index (Phi) is 6.70. The van der Waals surface area contributed by atoms with Gasteiger partial charge in [-0.15, -0.1) is 0 Å². The summed E-state index contributed by atoms with van der Waals surface area (Å²) in [6.45, 7) is 0.835. The molecular formula is C26H27N3O4. The highest BCUT2D eigenvalue weighted by Gasteiger charge is 2.44. The molecule has 2 heterocycles. The minimum atomic E-state index is -1.18. The van der Waals surface area contributed by atoms with E-state index in [0.29, 0.717) is 24.3 Å². The monoisotopic (exact) mass is 445 g/mol. The maximum atomic E-state index is 13.2. The van der Waals surface area contributed by atoms with E-state index < -0.39 is 5.60 Å². The Hall–Kier alpha value is -3.71. The van der Waals surface area contributed by atoms with Crippen molar-refractivity contribution in [3.8, 4) is 16.9 Å². The van der Waals surface area contributed by atoms with Gasteiger partial charge in [0, 0.05) is 38.0 Å². The van der Waals surface area contributed by atoms with Crippen LogP contribution in [0.5, 0.6) is 5.75 Å². The third kappa shape index (κ3) is 4.88. The zero-order chi connectivity index (χ0) is 23.3. The van der Waals surface area contributed by atoms with Crippen molar-refractivity contribution in [1.29, 1.82) is 0 Å². The van der Waals surface area contributed by atoms with Gasteiger partial charge in [0.15, 0.2) is 5.60 Å². The van der Waals surface area contributed by atoms with E-state index >= 15 is 0 Å². The number of morpholine rings is 1. The summed E-state index contributed by atoms with van der Waals surface area (Å²) < 4.78 is 11.3. The standard InChI is InChI=1S/C26H27N3O4/c1-27-25(31)26(17-19-5-3-6-21(15-19)20-9-11-28-12-10-20)18-29(13-14-33-26)24(30)22-7-4-8-23(16-22)32-2/h3-12,15-16H,13-14,17-18H2,1-2H3,(H,27,31)/t26-/m1/s1. The van der Waals surface area contributed by atoms with Gasteiger partial charge in [-0.25, -0.2) is 0 Å². The number of aromatic nitrogens is 1. The molecule has 1 fully saturated rings. The first-order valence-corrected chi connectivity index (χ1v) is 10.8. The number of carbonyl (C=O) groups is 2.